The largest absolute Gasteiger partial charge is 0.464 e. The third kappa shape index (κ3) is 9.60. The molecule has 7 nitrogen and oxygen atoms in total. The molecule has 0 spiro atoms. The number of hydrogen-bond acceptors (Lipinski definition) is 6. The lowest BCUT2D eigenvalue weighted by molar-refractivity contribution is -0.149. The molecule has 0 aliphatic rings. The van der Waals surface area contributed by atoms with Gasteiger partial charge in [-0.25, -0.2) is 9.59 Å². The van der Waals surface area contributed by atoms with Crippen molar-refractivity contribution in [2.24, 2.45) is 5.92 Å². The van der Waals surface area contributed by atoms with Gasteiger partial charge in [-0.15, -0.1) is 0 Å². The molecule has 1 aromatic carbocycles. The fourth-order valence-corrected chi connectivity index (χ4v) is 2.52. The molecule has 8 heteroatoms. The Hall–Kier alpha value is -1.84. The quantitative estimate of drug-likeness (QED) is 0.167. The molecule has 0 bridgehead atoms. The van der Waals surface area contributed by atoms with Crippen LogP contribution in [-0.2, 0) is 30.4 Å². The van der Waals surface area contributed by atoms with Crippen molar-refractivity contribution >= 4 is 40.6 Å². The van der Waals surface area contributed by atoms with Gasteiger partial charge in [-0.1, -0.05) is 50.6 Å². The van der Waals surface area contributed by atoms with Crippen molar-refractivity contribution in [2.75, 3.05) is 11.2 Å². The normalized spacial score (nSPS) is 12.6. The summed E-state index contributed by atoms with van der Waals surface area (Å²) in [5.41, 5.74) is 0.855. The van der Waals surface area contributed by atoms with Gasteiger partial charge in [0.15, 0.2) is 0 Å². The molecule has 0 fully saturated rings. The number of alkyl carbamates (subject to hydrolysis) is 1. The van der Waals surface area contributed by atoms with Gasteiger partial charge in [0.05, 0.1) is 6.61 Å². The van der Waals surface area contributed by atoms with E-state index in [2.05, 4.69) is 5.32 Å². The van der Waals surface area contributed by atoms with Crippen LogP contribution in [0.4, 0.5) is 4.79 Å². The second-order valence-corrected chi connectivity index (χ2v) is 6.59. The summed E-state index contributed by atoms with van der Waals surface area (Å²) in [6.07, 6.45) is 0.552. The van der Waals surface area contributed by atoms with Crippen LogP contribution in [0.25, 0.3) is 0 Å². The Balaban J connectivity index is 2.45. The summed E-state index contributed by atoms with van der Waals surface area (Å²) in [6, 6.07) is 8.46. The molecule has 1 amide bonds. The minimum Gasteiger partial charge on any atom is -0.464 e. The van der Waals surface area contributed by atoms with Gasteiger partial charge in [0.2, 0.25) is 0 Å². The van der Waals surface area contributed by atoms with E-state index < -0.39 is 18.1 Å². The zero-order valence-corrected chi connectivity index (χ0v) is 17.8. The van der Waals surface area contributed by atoms with E-state index in [1.165, 1.54) is 0 Å². The summed E-state index contributed by atoms with van der Waals surface area (Å²) in [5.74, 6) is -0.990. The molecule has 1 aromatic rings. The third-order valence-electron chi connectivity index (χ3n) is 3.94. The Morgan fingerprint density at radius 2 is 1.81 bits per heavy atom. The number of carbonyl (C=O) groups excluding carboxylic acids is 3. The highest BCUT2D eigenvalue weighted by molar-refractivity contribution is 14.1. The SMILES string of the molecule is CC[C@H](C)[C@H](NC(=O)OCc1ccccc1)C(=O)OCCCC(=O)OCI. The summed E-state index contributed by atoms with van der Waals surface area (Å²) < 4.78 is 15.5. The zero-order chi connectivity index (χ0) is 20.1. The van der Waals surface area contributed by atoms with E-state index in [0.717, 1.165) is 5.56 Å². The summed E-state index contributed by atoms with van der Waals surface area (Å²) in [4.78, 5) is 35.6. The van der Waals surface area contributed by atoms with E-state index >= 15 is 0 Å². The van der Waals surface area contributed by atoms with Crippen LogP contribution in [0.2, 0.25) is 0 Å². The maximum atomic E-state index is 12.3. The van der Waals surface area contributed by atoms with Crippen molar-refractivity contribution in [2.45, 2.75) is 45.8 Å². The third-order valence-corrected chi connectivity index (χ3v) is 4.25. The molecule has 0 saturated carbocycles. The molecule has 1 rings (SSSR count). The molecule has 0 aromatic heterocycles. The van der Waals surface area contributed by atoms with Crippen LogP contribution < -0.4 is 5.32 Å². The van der Waals surface area contributed by atoms with Crippen LogP contribution in [-0.4, -0.2) is 35.3 Å². The first-order chi connectivity index (χ1) is 13.0. The first-order valence-electron chi connectivity index (χ1n) is 8.83. The average Bonchev–Trinajstić information content (AvgIpc) is 2.68. The van der Waals surface area contributed by atoms with E-state index in [1.807, 2.05) is 66.8 Å². The van der Waals surface area contributed by atoms with Crippen LogP contribution in [0.1, 0.15) is 38.7 Å². The lowest BCUT2D eigenvalue weighted by atomic mass is 9.99. The zero-order valence-electron chi connectivity index (χ0n) is 15.6. The number of halogens is 1. The number of nitrogens with one attached hydrogen (secondary N) is 1. The molecule has 150 valence electrons. The highest BCUT2D eigenvalue weighted by atomic mass is 127. The Morgan fingerprint density at radius 1 is 1.11 bits per heavy atom. The molecule has 0 aliphatic heterocycles. The van der Waals surface area contributed by atoms with Crippen molar-refractivity contribution in [3.63, 3.8) is 0 Å². The average molecular weight is 491 g/mol. The minimum absolute atomic E-state index is 0.0862. The van der Waals surface area contributed by atoms with E-state index in [0.29, 0.717) is 17.5 Å². The van der Waals surface area contributed by atoms with E-state index in [1.54, 1.807) is 0 Å². The van der Waals surface area contributed by atoms with Crippen molar-refractivity contribution in [1.29, 1.82) is 0 Å². The van der Waals surface area contributed by atoms with Crippen LogP contribution in [0.3, 0.4) is 0 Å². The van der Waals surface area contributed by atoms with Gasteiger partial charge in [-0.05, 0) is 40.5 Å². The molecule has 0 radical (unpaired) electrons. The second-order valence-electron chi connectivity index (χ2n) is 5.97. The molecule has 0 unspecified atom stereocenters. The van der Waals surface area contributed by atoms with Crippen LogP contribution >= 0.6 is 22.6 Å². The number of esters is 2. The van der Waals surface area contributed by atoms with Gasteiger partial charge in [-0.2, -0.15) is 0 Å². The molecule has 0 saturated heterocycles. The Labute approximate surface area is 173 Å². The molecule has 1 N–H and O–H groups in total. The Morgan fingerprint density at radius 3 is 2.44 bits per heavy atom. The van der Waals surface area contributed by atoms with Gasteiger partial charge >= 0.3 is 18.0 Å². The number of benzene rings is 1. The Kier molecular flexibility index (Phi) is 11.5. The van der Waals surface area contributed by atoms with Gasteiger partial charge in [0.1, 0.15) is 17.3 Å². The minimum atomic E-state index is -0.806. The van der Waals surface area contributed by atoms with E-state index in [-0.39, 0.29) is 31.5 Å². The van der Waals surface area contributed by atoms with Gasteiger partial charge < -0.3 is 19.5 Å². The number of hydrogen-bond donors (Lipinski definition) is 1. The summed E-state index contributed by atoms with van der Waals surface area (Å²) >= 11 is 1.94. The predicted octanol–water partition coefficient (Wildman–Crippen LogP) is 3.59. The summed E-state index contributed by atoms with van der Waals surface area (Å²) in [7, 11) is 0. The van der Waals surface area contributed by atoms with Gasteiger partial charge in [-0.3, -0.25) is 4.79 Å². The number of carbonyl (C=O) groups is 3. The fourth-order valence-electron chi connectivity index (χ4n) is 2.17. The van der Waals surface area contributed by atoms with Gasteiger partial charge in [0, 0.05) is 6.42 Å². The maximum Gasteiger partial charge on any atom is 0.408 e. The number of ether oxygens (including phenoxy) is 3. The molecule has 2 atom stereocenters. The molecular weight excluding hydrogens is 465 g/mol. The van der Waals surface area contributed by atoms with Crippen molar-refractivity contribution < 1.29 is 28.6 Å². The summed E-state index contributed by atoms with van der Waals surface area (Å²) in [5, 5.41) is 2.58. The first-order valence-corrected chi connectivity index (χ1v) is 10.4. The lowest BCUT2D eigenvalue weighted by Gasteiger charge is -2.22. The van der Waals surface area contributed by atoms with Crippen molar-refractivity contribution in [3.05, 3.63) is 35.9 Å². The molecule has 0 aliphatic carbocycles. The molecule has 27 heavy (non-hydrogen) atoms. The van der Waals surface area contributed by atoms with E-state index in [9.17, 15) is 14.4 Å². The van der Waals surface area contributed by atoms with Crippen LogP contribution in [0.5, 0.6) is 0 Å². The Bertz CT molecular complexity index is 595. The predicted molar refractivity (Wildman–Crippen MR) is 108 cm³/mol. The number of amides is 1. The smallest absolute Gasteiger partial charge is 0.408 e. The topological polar surface area (TPSA) is 90.9 Å². The van der Waals surface area contributed by atoms with Crippen molar-refractivity contribution in [3.8, 4) is 0 Å². The fraction of sp³-hybridized carbons (Fsp3) is 0.526. The molecular formula is C19H26INO6. The molecule has 0 heterocycles. The maximum absolute atomic E-state index is 12.3. The number of alkyl halides is 1. The summed E-state index contributed by atoms with van der Waals surface area (Å²) in [6.45, 7) is 3.97. The highest BCUT2D eigenvalue weighted by Crippen LogP contribution is 2.11. The number of rotatable bonds is 11. The van der Waals surface area contributed by atoms with Crippen molar-refractivity contribution in [1.82, 2.24) is 5.32 Å². The van der Waals surface area contributed by atoms with Gasteiger partial charge in [0.25, 0.3) is 0 Å². The highest BCUT2D eigenvalue weighted by Gasteiger charge is 2.28. The standard InChI is InChI=1S/C19H26INO6/c1-3-14(2)17(18(23)25-11-7-10-16(22)27-13-20)21-19(24)26-12-15-8-5-4-6-9-15/h4-6,8-9,14,17H,3,7,10-13H2,1-2H3,(H,21,24)/t14-,17-/m0/s1. The van der Waals surface area contributed by atoms with Crippen LogP contribution in [0.15, 0.2) is 30.3 Å². The second kappa shape index (κ2) is 13.3. The first kappa shape index (κ1) is 23.2. The lowest BCUT2D eigenvalue weighted by Crippen LogP contribution is -2.46. The van der Waals surface area contributed by atoms with Crippen LogP contribution in [0, 0.1) is 5.92 Å². The monoisotopic (exact) mass is 491 g/mol. The van der Waals surface area contributed by atoms with E-state index in [4.69, 9.17) is 14.2 Å².